The zero-order chi connectivity index (χ0) is 13.0. The Balaban J connectivity index is 2.47. The van der Waals surface area contributed by atoms with E-state index < -0.39 is 17.9 Å². The van der Waals surface area contributed by atoms with Gasteiger partial charge in [-0.05, 0) is 12.3 Å². The summed E-state index contributed by atoms with van der Waals surface area (Å²) in [6.45, 7) is 3.97. The number of aliphatic carboxylic acids is 1. The highest BCUT2D eigenvalue weighted by atomic mass is 16.4. The standard InChI is InChI=1S/C11H18N2O4/c1-7(2)10(11(16)17)12-8(14)6-13-5-3-4-9(13)15/h7,10H,3-6H2,1-2H3,(H,12,14)(H,16,17)/t10-/m1/s1. The number of likely N-dealkylation sites (tertiary alicyclic amines) is 1. The van der Waals surface area contributed by atoms with Gasteiger partial charge in [-0.15, -0.1) is 0 Å². The van der Waals surface area contributed by atoms with Crippen LogP contribution in [0.25, 0.3) is 0 Å². The van der Waals surface area contributed by atoms with Crippen molar-refractivity contribution < 1.29 is 19.5 Å². The number of amides is 2. The summed E-state index contributed by atoms with van der Waals surface area (Å²) in [5.74, 6) is -1.70. The Morgan fingerprint density at radius 3 is 2.53 bits per heavy atom. The van der Waals surface area contributed by atoms with Crippen molar-refractivity contribution in [3.63, 3.8) is 0 Å². The second-order valence-electron chi connectivity index (χ2n) is 4.55. The second-order valence-corrected chi connectivity index (χ2v) is 4.55. The number of carbonyl (C=O) groups is 3. The molecule has 1 rings (SSSR count). The van der Waals surface area contributed by atoms with Gasteiger partial charge in [0.2, 0.25) is 11.8 Å². The molecule has 0 saturated carbocycles. The zero-order valence-electron chi connectivity index (χ0n) is 10.1. The maximum absolute atomic E-state index is 11.6. The highest BCUT2D eigenvalue weighted by molar-refractivity contribution is 5.88. The molecule has 96 valence electrons. The predicted octanol–water partition coefficient (Wildman–Crippen LogP) is -0.166. The lowest BCUT2D eigenvalue weighted by atomic mass is 10.0. The Hall–Kier alpha value is -1.59. The summed E-state index contributed by atoms with van der Waals surface area (Å²) < 4.78 is 0. The van der Waals surface area contributed by atoms with E-state index in [1.807, 2.05) is 0 Å². The van der Waals surface area contributed by atoms with E-state index in [0.29, 0.717) is 13.0 Å². The van der Waals surface area contributed by atoms with Gasteiger partial charge in [0, 0.05) is 13.0 Å². The summed E-state index contributed by atoms with van der Waals surface area (Å²) in [6, 6.07) is -0.903. The highest BCUT2D eigenvalue weighted by Gasteiger charge is 2.26. The second kappa shape index (κ2) is 5.65. The van der Waals surface area contributed by atoms with E-state index in [1.54, 1.807) is 13.8 Å². The third-order valence-electron chi connectivity index (χ3n) is 2.76. The van der Waals surface area contributed by atoms with Crippen LogP contribution < -0.4 is 5.32 Å². The number of carboxylic acids is 1. The van der Waals surface area contributed by atoms with Crippen molar-refractivity contribution in [2.24, 2.45) is 5.92 Å². The van der Waals surface area contributed by atoms with Gasteiger partial charge in [-0.2, -0.15) is 0 Å². The van der Waals surface area contributed by atoms with Crippen LogP contribution in [-0.4, -0.2) is 46.9 Å². The van der Waals surface area contributed by atoms with Crippen molar-refractivity contribution in [2.75, 3.05) is 13.1 Å². The van der Waals surface area contributed by atoms with E-state index in [1.165, 1.54) is 4.90 Å². The van der Waals surface area contributed by atoms with Crippen molar-refractivity contribution in [3.05, 3.63) is 0 Å². The summed E-state index contributed by atoms with van der Waals surface area (Å²) in [4.78, 5) is 35.2. The van der Waals surface area contributed by atoms with Crippen LogP contribution in [0.5, 0.6) is 0 Å². The quantitative estimate of drug-likeness (QED) is 0.701. The number of carboxylic acid groups (broad SMARTS) is 1. The Morgan fingerprint density at radius 1 is 1.47 bits per heavy atom. The molecule has 0 radical (unpaired) electrons. The molecular formula is C11H18N2O4. The van der Waals surface area contributed by atoms with Crippen LogP contribution in [0.1, 0.15) is 26.7 Å². The lowest BCUT2D eigenvalue weighted by Gasteiger charge is -2.20. The molecule has 0 unspecified atom stereocenters. The molecule has 0 spiro atoms. The highest BCUT2D eigenvalue weighted by Crippen LogP contribution is 2.09. The lowest BCUT2D eigenvalue weighted by molar-refractivity contribution is -0.143. The van der Waals surface area contributed by atoms with Gasteiger partial charge < -0.3 is 15.3 Å². The van der Waals surface area contributed by atoms with E-state index in [4.69, 9.17) is 5.11 Å². The molecule has 1 aliphatic rings. The number of hydrogen-bond acceptors (Lipinski definition) is 3. The van der Waals surface area contributed by atoms with Crippen LogP contribution in [0.3, 0.4) is 0 Å². The van der Waals surface area contributed by atoms with Gasteiger partial charge in [-0.3, -0.25) is 9.59 Å². The van der Waals surface area contributed by atoms with E-state index in [9.17, 15) is 14.4 Å². The Labute approximate surface area is 100.0 Å². The van der Waals surface area contributed by atoms with Gasteiger partial charge >= 0.3 is 5.97 Å². The topological polar surface area (TPSA) is 86.7 Å². The molecule has 1 fully saturated rings. The summed E-state index contributed by atoms with van der Waals surface area (Å²) in [5, 5.41) is 11.3. The molecular weight excluding hydrogens is 224 g/mol. The summed E-state index contributed by atoms with van der Waals surface area (Å²) >= 11 is 0. The Bertz CT molecular complexity index is 327. The molecule has 1 atom stereocenters. The molecule has 2 amide bonds. The van der Waals surface area contributed by atoms with Gasteiger partial charge in [0.1, 0.15) is 6.04 Å². The fraction of sp³-hybridized carbons (Fsp3) is 0.727. The molecule has 1 aliphatic heterocycles. The smallest absolute Gasteiger partial charge is 0.326 e. The van der Waals surface area contributed by atoms with Crippen molar-refractivity contribution >= 4 is 17.8 Å². The van der Waals surface area contributed by atoms with E-state index in [0.717, 1.165) is 6.42 Å². The summed E-state index contributed by atoms with van der Waals surface area (Å²) in [7, 11) is 0. The summed E-state index contributed by atoms with van der Waals surface area (Å²) in [6.07, 6.45) is 1.23. The van der Waals surface area contributed by atoms with Gasteiger partial charge in [0.05, 0.1) is 6.54 Å². The van der Waals surface area contributed by atoms with Crippen molar-refractivity contribution in [2.45, 2.75) is 32.7 Å². The molecule has 0 bridgehead atoms. The van der Waals surface area contributed by atoms with Crippen molar-refractivity contribution in [3.8, 4) is 0 Å². The first-order valence-electron chi connectivity index (χ1n) is 5.71. The van der Waals surface area contributed by atoms with Gasteiger partial charge in [0.15, 0.2) is 0 Å². The molecule has 1 heterocycles. The monoisotopic (exact) mass is 242 g/mol. The van der Waals surface area contributed by atoms with Crippen LogP contribution in [0.2, 0.25) is 0 Å². The first-order chi connectivity index (χ1) is 7.91. The number of nitrogens with zero attached hydrogens (tertiary/aromatic N) is 1. The molecule has 0 aliphatic carbocycles. The molecule has 1 saturated heterocycles. The molecule has 6 nitrogen and oxygen atoms in total. The number of rotatable bonds is 5. The van der Waals surface area contributed by atoms with E-state index in [-0.39, 0.29) is 18.4 Å². The molecule has 0 aromatic rings. The minimum absolute atomic E-state index is 0.0448. The SMILES string of the molecule is CC(C)[C@@H](NC(=O)CN1CCCC1=O)C(=O)O. The fourth-order valence-corrected chi connectivity index (χ4v) is 1.78. The lowest BCUT2D eigenvalue weighted by Crippen LogP contribution is -2.48. The molecule has 17 heavy (non-hydrogen) atoms. The third kappa shape index (κ3) is 3.72. The predicted molar refractivity (Wildman–Crippen MR) is 60.2 cm³/mol. The Kier molecular flexibility index (Phi) is 4.48. The zero-order valence-corrected chi connectivity index (χ0v) is 10.1. The minimum Gasteiger partial charge on any atom is -0.480 e. The van der Waals surface area contributed by atoms with Crippen LogP contribution in [-0.2, 0) is 14.4 Å². The summed E-state index contributed by atoms with van der Waals surface area (Å²) in [5.41, 5.74) is 0. The van der Waals surface area contributed by atoms with E-state index in [2.05, 4.69) is 5.32 Å². The van der Waals surface area contributed by atoms with E-state index >= 15 is 0 Å². The van der Waals surface area contributed by atoms with Crippen molar-refractivity contribution in [1.82, 2.24) is 10.2 Å². The minimum atomic E-state index is -1.05. The largest absolute Gasteiger partial charge is 0.480 e. The van der Waals surface area contributed by atoms with Gasteiger partial charge in [-0.1, -0.05) is 13.8 Å². The maximum atomic E-state index is 11.6. The number of nitrogens with one attached hydrogen (secondary N) is 1. The number of hydrogen-bond donors (Lipinski definition) is 2. The molecule has 0 aromatic heterocycles. The molecule has 6 heteroatoms. The van der Waals surface area contributed by atoms with Crippen LogP contribution >= 0.6 is 0 Å². The Morgan fingerprint density at radius 2 is 2.12 bits per heavy atom. The maximum Gasteiger partial charge on any atom is 0.326 e. The average Bonchev–Trinajstić information content (AvgIpc) is 2.60. The average molecular weight is 242 g/mol. The van der Waals surface area contributed by atoms with Crippen molar-refractivity contribution in [1.29, 1.82) is 0 Å². The normalized spacial score (nSPS) is 17.4. The fourth-order valence-electron chi connectivity index (χ4n) is 1.78. The number of carbonyl (C=O) groups excluding carboxylic acids is 2. The van der Waals surface area contributed by atoms with Gasteiger partial charge in [0.25, 0.3) is 0 Å². The van der Waals surface area contributed by atoms with Gasteiger partial charge in [-0.25, -0.2) is 4.79 Å². The van der Waals surface area contributed by atoms with Crippen LogP contribution in [0, 0.1) is 5.92 Å². The van der Waals surface area contributed by atoms with Crippen LogP contribution in [0.4, 0.5) is 0 Å². The molecule has 2 N–H and O–H groups in total. The molecule has 0 aromatic carbocycles. The third-order valence-corrected chi connectivity index (χ3v) is 2.76. The van der Waals surface area contributed by atoms with Crippen LogP contribution in [0.15, 0.2) is 0 Å². The first kappa shape index (κ1) is 13.5. The first-order valence-corrected chi connectivity index (χ1v) is 5.71.